The number of fused-ring (bicyclic) bond motifs is 1. The van der Waals surface area contributed by atoms with E-state index in [1.165, 1.54) is 5.56 Å². The summed E-state index contributed by atoms with van der Waals surface area (Å²) in [4.78, 5) is 24.7. The highest BCUT2D eigenvalue weighted by Gasteiger charge is 2.28. The molecule has 0 unspecified atom stereocenters. The second kappa shape index (κ2) is 8.57. The third-order valence-corrected chi connectivity index (χ3v) is 6.05. The number of amides is 1. The molecule has 1 atom stereocenters. The van der Waals surface area contributed by atoms with Crippen LogP contribution in [0.25, 0.3) is 0 Å². The molecule has 1 aliphatic heterocycles. The Morgan fingerprint density at radius 3 is 2.75 bits per heavy atom. The van der Waals surface area contributed by atoms with E-state index in [1.807, 2.05) is 36.4 Å². The summed E-state index contributed by atoms with van der Waals surface area (Å²) in [6, 6.07) is 13.5. The number of benzene rings is 2. The SMILES string of the molecule is COc1ccccc1[C@H](CC(N)=O)c1c(Cc2ccc3c(c2)CCC(C)(C)O3)[nH][nH]c1=O. The summed E-state index contributed by atoms with van der Waals surface area (Å²) in [5.74, 6) is 0.517. The normalized spacial score (nSPS) is 15.5. The average molecular weight is 436 g/mol. The zero-order chi connectivity index (χ0) is 22.9. The zero-order valence-corrected chi connectivity index (χ0v) is 18.7. The molecule has 1 aromatic heterocycles. The predicted molar refractivity (Wildman–Crippen MR) is 122 cm³/mol. The number of rotatable bonds is 7. The molecule has 2 heterocycles. The van der Waals surface area contributed by atoms with Crippen molar-refractivity contribution >= 4 is 5.91 Å². The maximum Gasteiger partial charge on any atom is 0.267 e. The number of carbonyl (C=O) groups excluding carboxylic acids is 1. The molecule has 4 rings (SSSR count). The molecule has 0 spiro atoms. The number of H-pyrrole nitrogens is 2. The number of aromatic amines is 2. The van der Waals surface area contributed by atoms with Crippen LogP contribution in [0.15, 0.2) is 47.3 Å². The number of hydrogen-bond donors (Lipinski definition) is 3. The number of ether oxygens (including phenoxy) is 2. The summed E-state index contributed by atoms with van der Waals surface area (Å²) in [6.07, 6.45) is 2.40. The monoisotopic (exact) mass is 435 g/mol. The van der Waals surface area contributed by atoms with Crippen LogP contribution in [0.4, 0.5) is 0 Å². The molecule has 0 aliphatic carbocycles. The Morgan fingerprint density at radius 1 is 1.22 bits per heavy atom. The molecular formula is C25H29N3O4. The van der Waals surface area contributed by atoms with Gasteiger partial charge in [0.1, 0.15) is 17.1 Å². The van der Waals surface area contributed by atoms with Crippen LogP contribution in [0.5, 0.6) is 11.5 Å². The average Bonchev–Trinajstić information content (AvgIpc) is 3.11. The minimum absolute atomic E-state index is 0.00141. The first kappa shape index (κ1) is 21.7. The van der Waals surface area contributed by atoms with Crippen LogP contribution in [0, 0.1) is 0 Å². The van der Waals surface area contributed by atoms with E-state index in [-0.39, 0.29) is 17.6 Å². The van der Waals surface area contributed by atoms with Gasteiger partial charge >= 0.3 is 0 Å². The van der Waals surface area contributed by atoms with Crippen molar-refractivity contribution in [2.75, 3.05) is 7.11 Å². The summed E-state index contributed by atoms with van der Waals surface area (Å²) in [5, 5.41) is 5.71. The van der Waals surface area contributed by atoms with Gasteiger partial charge in [-0.3, -0.25) is 14.7 Å². The molecule has 0 radical (unpaired) electrons. The van der Waals surface area contributed by atoms with Gasteiger partial charge in [0.2, 0.25) is 5.91 Å². The molecule has 0 saturated carbocycles. The molecule has 32 heavy (non-hydrogen) atoms. The van der Waals surface area contributed by atoms with E-state index in [4.69, 9.17) is 15.2 Å². The van der Waals surface area contributed by atoms with E-state index in [0.29, 0.717) is 17.7 Å². The van der Waals surface area contributed by atoms with Crippen molar-refractivity contribution in [3.8, 4) is 11.5 Å². The first-order valence-electron chi connectivity index (χ1n) is 10.8. The van der Waals surface area contributed by atoms with Crippen molar-refractivity contribution < 1.29 is 14.3 Å². The summed E-state index contributed by atoms with van der Waals surface area (Å²) >= 11 is 0. The van der Waals surface area contributed by atoms with Gasteiger partial charge < -0.3 is 20.3 Å². The minimum atomic E-state index is -0.518. The molecule has 1 amide bonds. The van der Waals surface area contributed by atoms with Crippen LogP contribution in [0.1, 0.15) is 60.6 Å². The van der Waals surface area contributed by atoms with Crippen molar-refractivity contribution in [3.63, 3.8) is 0 Å². The van der Waals surface area contributed by atoms with Gasteiger partial charge in [-0.2, -0.15) is 0 Å². The number of nitrogens with two attached hydrogens (primary N) is 1. The Hall–Kier alpha value is -3.48. The van der Waals surface area contributed by atoms with E-state index in [2.05, 4.69) is 30.1 Å². The summed E-state index contributed by atoms with van der Waals surface area (Å²) < 4.78 is 11.6. The van der Waals surface area contributed by atoms with Gasteiger partial charge in [-0.25, -0.2) is 0 Å². The predicted octanol–water partition coefficient (Wildman–Crippen LogP) is 3.41. The van der Waals surface area contributed by atoms with Crippen LogP contribution in [-0.2, 0) is 17.6 Å². The first-order chi connectivity index (χ1) is 15.3. The maximum atomic E-state index is 12.8. The molecule has 0 saturated heterocycles. The summed E-state index contributed by atoms with van der Waals surface area (Å²) in [6.45, 7) is 4.19. The van der Waals surface area contributed by atoms with Gasteiger partial charge in [-0.1, -0.05) is 30.3 Å². The minimum Gasteiger partial charge on any atom is -0.496 e. The molecule has 0 bridgehead atoms. The Kier molecular flexibility index (Phi) is 5.82. The van der Waals surface area contributed by atoms with Gasteiger partial charge in [0.15, 0.2) is 0 Å². The molecule has 4 N–H and O–H groups in total. The van der Waals surface area contributed by atoms with Crippen molar-refractivity contribution in [2.24, 2.45) is 5.73 Å². The Balaban J connectivity index is 1.71. The highest BCUT2D eigenvalue weighted by molar-refractivity contribution is 5.76. The highest BCUT2D eigenvalue weighted by atomic mass is 16.5. The smallest absolute Gasteiger partial charge is 0.267 e. The van der Waals surface area contributed by atoms with E-state index >= 15 is 0 Å². The van der Waals surface area contributed by atoms with E-state index in [0.717, 1.165) is 35.4 Å². The van der Waals surface area contributed by atoms with E-state index < -0.39 is 11.8 Å². The lowest BCUT2D eigenvalue weighted by atomic mass is 9.86. The number of methoxy groups -OCH3 is 1. The van der Waals surface area contributed by atoms with Crippen molar-refractivity contribution in [2.45, 2.75) is 51.0 Å². The standard InChI is InChI=1S/C25H29N3O4/c1-25(2)11-10-16-12-15(8-9-20(16)32-25)13-19-23(24(30)28-27-19)18(14-22(26)29)17-6-4-5-7-21(17)31-3/h4-9,12,18H,10-11,13-14H2,1-3H3,(H2,26,29)(H2,27,28,30)/t18-/m0/s1. The fourth-order valence-electron chi connectivity index (χ4n) is 4.46. The molecule has 7 heteroatoms. The number of carbonyl (C=O) groups is 1. The number of nitrogens with one attached hydrogen (secondary N) is 2. The third kappa shape index (κ3) is 4.42. The quantitative estimate of drug-likeness (QED) is 0.528. The van der Waals surface area contributed by atoms with Gasteiger partial charge in [-0.15, -0.1) is 0 Å². The Bertz CT molecular complexity index is 1190. The van der Waals surface area contributed by atoms with E-state index in [1.54, 1.807) is 7.11 Å². The third-order valence-electron chi connectivity index (χ3n) is 6.05. The number of aryl methyl sites for hydroxylation is 1. The summed E-state index contributed by atoms with van der Waals surface area (Å²) in [5.41, 5.74) is 9.34. The largest absolute Gasteiger partial charge is 0.496 e. The molecule has 2 aromatic carbocycles. The molecule has 0 fully saturated rings. The maximum absolute atomic E-state index is 12.8. The van der Waals surface area contributed by atoms with Crippen LogP contribution in [0.2, 0.25) is 0 Å². The van der Waals surface area contributed by atoms with Gasteiger partial charge in [0.25, 0.3) is 5.56 Å². The molecule has 1 aliphatic rings. The number of hydrogen-bond acceptors (Lipinski definition) is 4. The Morgan fingerprint density at radius 2 is 2.00 bits per heavy atom. The molecule has 7 nitrogen and oxygen atoms in total. The van der Waals surface area contributed by atoms with E-state index in [9.17, 15) is 9.59 Å². The van der Waals surface area contributed by atoms with Gasteiger partial charge in [0, 0.05) is 35.6 Å². The second-order valence-electron chi connectivity index (χ2n) is 8.92. The highest BCUT2D eigenvalue weighted by Crippen LogP contribution is 2.36. The number of primary amides is 1. The van der Waals surface area contributed by atoms with Gasteiger partial charge in [0.05, 0.1) is 7.11 Å². The second-order valence-corrected chi connectivity index (χ2v) is 8.92. The number of aromatic nitrogens is 2. The van der Waals surface area contributed by atoms with Gasteiger partial charge in [-0.05, 0) is 49.9 Å². The fraction of sp³-hybridized carbons (Fsp3) is 0.360. The molecule has 168 valence electrons. The lowest BCUT2D eigenvalue weighted by Crippen LogP contribution is -2.32. The van der Waals surface area contributed by atoms with Crippen LogP contribution >= 0.6 is 0 Å². The van der Waals surface area contributed by atoms with Crippen LogP contribution in [-0.4, -0.2) is 28.8 Å². The fourth-order valence-corrected chi connectivity index (χ4v) is 4.46. The number of para-hydroxylation sites is 1. The lowest BCUT2D eigenvalue weighted by molar-refractivity contribution is -0.118. The summed E-state index contributed by atoms with van der Waals surface area (Å²) in [7, 11) is 1.57. The Labute approximate surface area is 186 Å². The van der Waals surface area contributed by atoms with Crippen molar-refractivity contribution in [1.29, 1.82) is 0 Å². The first-order valence-corrected chi connectivity index (χ1v) is 10.8. The zero-order valence-electron chi connectivity index (χ0n) is 18.7. The molecule has 3 aromatic rings. The topological polar surface area (TPSA) is 110 Å². The van der Waals surface area contributed by atoms with Crippen molar-refractivity contribution in [3.05, 3.63) is 80.8 Å². The van der Waals surface area contributed by atoms with Crippen LogP contribution in [0.3, 0.4) is 0 Å². The lowest BCUT2D eigenvalue weighted by Gasteiger charge is -2.32. The molecular weight excluding hydrogens is 406 g/mol. The van der Waals surface area contributed by atoms with Crippen molar-refractivity contribution in [1.82, 2.24) is 10.2 Å². The van der Waals surface area contributed by atoms with Crippen LogP contribution < -0.4 is 20.8 Å².